The Hall–Kier alpha value is -1.95. The molecule has 0 radical (unpaired) electrons. The van der Waals surface area contributed by atoms with Gasteiger partial charge >= 0.3 is 0 Å². The van der Waals surface area contributed by atoms with Crippen molar-refractivity contribution in [3.63, 3.8) is 0 Å². The minimum absolute atomic E-state index is 0.162. The normalized spacial score (nSPS) is 36.2. The number of imide groups is 1. The number of nitrogens with zero attached hydrogens (tertiary/aromatic N) is 1. The van der Waals surface area contributed by atoms with E-state index in [4.69, 9.17) is 0 Å². The van der Waals surface area contributed by atoms with Crippen molar-refractivity contribution in [2.24, 2.45) is 35.5 Å². The molecule has 0 spiro atoms. The van der Waals surface area contributed by atoms with Crippen LogP contribution in [-0.2, 0) is 14.4 Å². The fourth-order valence-corrected chi connectivity index (χ4v) is 5.57. The van der Waals surface area contributed by atoms with E-state index in [0.717, 1.165) is 16.5 Å². The van der Waals surface area contributed by atoms with Crippen LogP contribution in [0.3, 0.4) is 0 Å². The highest BCUT2D eigenvalue weighted by Gasteiger charge is 2.67. The fraction of sp³-hybridized carbons (Fsp3) is 0.450. The molecule has 1 aromatic carbocycles. The number of amides is 3. The lowest BCUT2D eigenvalue weighted by molar-refractivity contribution is -0.142. The minimum atomic E-state index is -0.341. The number of rotatable bonds is 3. The standard InChI is InChI=1S/C20H19BrN2O3/c1-9-2-3-10(6-15(9)21)22-16(24)8-23-19(25)17-11-4-5-12(14-7-13(11)14)18(17)20(23)26/h2-6,11-14,17-18H,7-8H2,1H3,(H,22,24)/t11-,12-,13-,14+,17+,18+/m0/s1. The number of nitrogens with one attached hydrogen (secondary N) is 1. The number of allylic oxidation sites excluding steroid dienone is 2. The third kappa shape index (κ3) is 2.24. The molecule has 6 rings (SSSR count). The van der Waals surface area contributed by atoms with E-state index >= 15 is 0 Å². The van der Waals surface area contributed by atoms with E-state index < -0.39 is 0 Å². The number of anilines is 1. The van der Waals surface area contributed by atoms with Gasteiger partial charge in [-0.2, -0.15) is 0 Å². The molecule has 0 aromatic heterocycles. The van der Waals surface area contributed by atoms with Gasteiger partial charge in [0.25, 0.3) is 0 Å². The molecule has 1 aliphatic heterocycles. The third-order valence-corrected chi connectivity index (χ3v) is 7.37. The van der Waals surface area contributed by atoms with Crippen LogP contribution in [-0.4, -0.2) is 29.2 Å². The van der Waals surface area contributed by atoms with E-state index in [9.17, 15) is 14.4 Å². The summed E-state index contributed by atoms with van der Waals surface area (Å²) in [6.45, 7) is 1.76. The largest absolute Gasteiger partial charge is 0.324 e. The number of halogens is 1. The maximum atomic E-state index is 12.9. The van der Waals surface area contributed by atoms with Gasteiger partial charge in [0, 0.05) is 10.2 Å². The second kappa shape index (κ2) is 5.52. The van der Waals surface area contributed by atoms with Gasteiger partial charge in [-0.25, -0.2) is 0 Å². The van der Waals surface area contributed by atoms with Crippen LogP contribution in [0.2, 0.25) is 0 Å². The predicted octanol–water partition coefficient (Wildman–Crippen LogP) is 2.75. The molecule has 6 heteroatoms. The summed E-state index contributed by atoms with van der Waals surface area (Å²) < 4.78 is 0.900. The van der Waals surface area contributed by atoms with Crippen molar-refractivity contribution in [3.8, 4) is 0 Å². The molecule has 1 saturated heterocycles. The van der Waals surface area contributed by atoms with E-state index in [-0.39, 0.29) is 47.9 Å². The summed E-state index contributed by atoms with van der Waals surface area (Å²) in [6.07, 6.45) is 5.41. The summed E-state index contributed by atoms with van der Waals surface area (Å²) in [5, 5.41) is 2.78. The molecule has 0 unspecified atom stereocenters. The predicted molar refractivity (Wildman–Crippen MR) is 98.9 cm³/mol. The number of hydrogen-bond acceptors (Lipinski definition) is 3. The lowest BCUT2D eigenvalue weighted by atomic mass is 9.63. The van der Waals surface area contributed by atoms with E-state index in [1.54, 1.807) is 0 Å². The Labute approximate surface area is 159 Å². The number of carbonyl (C=O) groups excluding carboxylic acids is 3. The molecule has 26 heavy (non-hydrogen) atoms. The molecule has 1 N–H and O–H groups in total. The van der Waals surface area contributed by atoms with E-state index in [2.05, 4.69) is 33.4 Å². The van der Waals surface area contributed by atoms with Crippen LogP contribution >= 0.6 is 15.9 Å². The van der Waals surface area contributed by atoms with Gasteiger partial charge in [0.15, 0.2) is 0 Å². The molecule has 1 heterocycles. The smallest absolute Gasteiger partial charge is 0.244 e. The third-order valence-electron chi connectivity index (χ3n) is 6.51. The van der Waals surface area contributed by atoms with Crippen molar-refractivity contribution < 1.29 is 14.4 Å². The Kier molecular flexibility index (Phi) is 3.45. The SMILES string of the molecule is Cc1ccc(NC(=O)CN2C(=O)[C@@H]3[C@H]4C=C[C@@H]([C@@H]5C[C@H]45)[C@H]3C2=O)cc1Br. The number of benzene rings is 1. The first kappa shape index (κ1) is 16.2. The molecule has 3 fully saturated rings. The topological polar surface area (TPSA) is 66.5 Å². The van der Waals surface area contributed by atoms with Crippen LogP contribution in [0.25, 0.3) is 0 Å². The average Bonchev–Trinajstić information content (AvgIpc) is 3.39. The second-order valence-electron chi connectivity index (χ2n) is 7.93. The highest BCUT2D eigenvalue weighted by molar-refractivity contribution is 9.10. The van der Waals surface area contributed by atoms with Crippen molar-refractivity contribution in [2.45, 2.75) is 13.3 Å². The summed E-state index contributed by atoms with van der Waals surface area (Å²) in [5.74, 6) is 0.357. The molecule has 2 saturated carbocycles. The second-order valence-corrected chi connectivity index (χ2v) is 8.78. The van der Waals surface area contributed by atoms with Crippen LogP contribution in [0, 0.1) is 42.4 Å². The number of aryl methyl sites for hydroxylation is 1. The summed E-state index contributed by atoms with van der Waals surface area (Å²) in [7, 11) is 0. The van der Waals surface area contributed by atoms with Crippen molar-refractivity contribution >= 4 is 39.3 Å². The van der Waals surface area contributed by atoms with Gasteiger partial charge in [-0.05, 0) is 54.7 Å². The fourth-order valence-electron chi connectivity index (χ4n) is 5.19. The summed E-state index contributed by atoms with van der Waals surface area (Å²) in [6, 6.07) is 5.53. The molecule has 134 valence electrons. The lowest BCUT2D eigenvalue weighted by Gasteiger charge is -2.37. The van der Waals surface area contributed by atoms with Crippen molar-refractivity contribution in [1.29, 1.82) is 0 Å². The molecule has 2 bridgehead atoms. The van der Waals surface area contributed by atoms with Crippen molar-refractivity contribution in [1.82, 2.24) is 4.90 Å². The number of likely N-dealkylation sites (tertiary alicyclic amines) is 1. The Morgan fingerprint density at radius 3 is 2.35 bits per heavy atom. The van der Waals surface area contributed by atoms with Gasteiger partial charge in [0.05, 0.1) is 11.8 Å². The molecular weight excluding hydrogens is 396 g/mol. The monoisotopic (exact) mass is 414 g/mol. The molecule has 3 amide bonds. The molecule has 4 aliphatic carbocycles. The number of hydrogen-bond donors (Lipinski definition) is 1. The van der Waals surface area contributed by atoms with Crippen LogP contribution in [0.1, 0.15) is 12.0 Å². The zero-order valence-electron chi connectivity index (χ0n) is 14.3. The maximum Gasteiger partial charge on any atom is 0.244 e. The summed E-state index contributed by atoms with van der Waals surface area (Å²) in [5.41, 5.74) is 1.71. The first-order chi connectivity index (χ1) is 12.5. The molecule has 5 nitrogen and oxygen atoms in total. The minimum Gasteiger partial charge on any atom is -0.324 e. The summed E-state index contributed by atoms with van der Waals surface area (Å²) >= 11 is 3.44. The van der Waals surface area contributed by atoms with Gasteiger partial charge in [-0.15, -0.1) is 0 Å². The van der Waals surface area contributed by atoms with Gasteiger partial charge < -0.3 is 5.32 Å². The molecular formula is C20H19BrN2O3. The first-order valence-electron chi connectivity index (χ1n) is 9.05. The Bertz CT molecular complexity index is 844. The highest BCUT2D eigenvalue weighted by Crippen LogP contribution is 2.65. The first-order valence-corrected chi connectivity index (χ1v) is 9.84. The highest BCUT2D eigenvalue weighted by atomic mass is 79.9. The van der Waals surface area contributed by atoms with Crippen LogP contribution in [0.4, 0.5) is 5.69 Å². The molecule has 6 atom stereocenters. The Balaban J connectivity index is 1.32. The van der Waals surface area contributed by atoms with Gasteiger partial charge in [0.2, 0.25) is 17.7 Å². The van der Waals surface area contributed by atoms with Crippen molar-refractivity contribution in [2.75, 3.05) is 11.9 Å². The zero-order valence-corrected chi connectivity index (χ0v) is 15.9. The Morgan fingerprint density at radius 2 is 1.77 bits per heavy atom. The summed E-state index contributed by atoms with van der Waals surface area (Å²) in [4.78, 5) is 39.4. The van der Waals surface area contributed by atoms with Crippen LogP contribution < -0.4 is 5.32 Å². The van der Waals surface area contributed by atoms with Gasteiger partial charge in [0.1, 0.15) is 6.54 Å². The van der Waals surface area contributed by atoms with Crippen LogP contribution in [0.15, 0.2) is 34.8 Å². The van der Waals surface area contributed by atoms with Crippen LogP contribution in [0.5, 0.6) is 0 Å². The molecule has 5 aliphatic rings. The number of carbonyl (C=O) groups is 3. The lowest BCUT2D eigenvalue weighted by Crippen LogP contribution is -2.40. The Morgan fingerprint density at radius 1 is 1.15 bits per heavy atom. The zero-order chi connectivity index (χ0) is 18.2. The van der Waals surface area contributed by atoms with E-state index in [0.29, 0.717) is 17.5 Å². The van der Waals surface area contributed by atoms with Gasteiger partial charge in [-0.1, -0.05) is 34.1 Å². The van der Waals surface area contributed by atoms with E-state index in [1.807, 2.05) is 25.1 Å². The van der Waals surface area contributed by atoms with E-state index in [1.165, 1.54) is 4.90 Å². The van der Waals surface area contributed by atoms with Crippen molar-refractivity contribution in [3.05, 3.63) is 40.4 Å². The average molecular weight is 415 g/mol. The maximum absolute atomic E-state index is 12.9. The molecule has 1 aromatic rings. The van der Waals surface area contributed by atoms with Gasteiger partial charge in [-0.3, -0.25) is 19.3 Å². The quantitative estimate of drug-likeness (QED) is 0.610.